The fourth-order valence-electron chi connectivity index (χ4n) is 4.10. The summed E-state index contributed by atoms with van der Waals surface area (Å²) in [6.45, 7) is 0. The van der Waals surface area contributed by atoms with E-state index in [1.807, 2.05) is 18.2 Å². The minimum atomic E-state index is -0.871. The van der Waals surface area contributed by atoms with Crippen LogP contribution in [-0.2, 0) is 19.3 Å². The number of aliphatic hydroxyl groups excluding tert-OH is 1. The summed E-state index contributed by atoms with van der Waals surface area (Å²) in [5.41, 5.74) is 3.37. The lowest BCUT2D eigenvalue weighted by atomic mass is 9.89. The average Bonchev–Trinajstić information content (AvgIpc) is 2.78. The van der Waals surface area contributed by atoms with Gasteiger partial charge in [-0.25, -0.2) is 0 Å². The molecule has 0 bridgehead atoms. The number of rotatable bonds is 6. The van der Waals surface area contributed by atoms with E-state index in [-0.39, 0.29) is 23.0 Å². The Bertz CT molecular complexity index is 1130. The Morgan fingerprint density at radius 1 is 0.969 bits per heavy atom. The average molecular weight is 438 g/mol. The third kappa shape index (κ3) is 4.24. The van der Waals surface area contributed by atoms with E-state index in [9.17, 15) is 20.4 Å². The van der Waals surface area contributed by atoms with E-state index in [1.54, 1.807) is 25.3 Å². The first kappa shape index (κ1) is 21.6. The molecule has 0 unspecified atom stereocenters. The van der Waals surface area contributed by atoms with Crippen LogP contribution >= 0.6 is 0 Å². The van der Waals surface area contributed by atoms with Crippen LogP contribution in [0.4, 0.5) is 0 Å². The fraction of sp³-hybridized carbons (Fsp3) is 0.280. The normalized spacial score (nSPS) is 17.3. The molecule has 2 atom stereocenters. The van der Waals surface area contributed by atoms with Gasteiger partial charge in [0.1, 0.15) is 17.2 Å². The Morgan fingerprint density at radius 2 is 1.78 bits per heavy atom. The second kappa shape index (κ2) is 8.88. The number of phenolic OH excluding ortho intramolecular Hbond substituents is 3. The van der Waals surface area contributed by atoms with Gasteiger partial charge in [0.25, 0.3) is 0 Å². The lowest BCUT2D eigenvalue weighted by molar-refractivity contribution is 0.0201. The summed E-state index contributed by atoms with van der Waals surface area (Å²) in [4.78, 5) is 0. The summed E-state index contributed by atoms with van der Waals surface area (Å²) in [5, 5.41) is 40.6. The van der Waals surface area contributed by atoms with Crippen LogP contribution in [0.25, 0.3) is 0 Å². The third-order valence-corrected chi connectivity index (χ3v) is 5.75. The highest BCUT2D eigenvalue weighted by molar-refractivity contribution is 5.54. The summed E-state index contributed by atoms with van der Waals surface area (Å²) in [5.74, 6) is 0.840. The van der Waals surface area contributed by atoms with Crippen molar-refractivity contribution in [2.45, 2.75) is 31.5 Å². The van der Waals surface area contributed by atoms with Crippen molar-refractivity contribution in [1.82, 2.24) is 0 Å². The highest BCUT2D eigenvalue weighted by Gasteiger charge is 2.33. The van der Waals surface area contributed by atoms with Gasteiger partial charge in [-0.1, -0.05) is 12.1 Å². The molecule has 0 saturated heterocycles. The van der Waals surface area contributed by atoms with E-state index in [1.165, 1.54) is 19.2 Å². The predicted molar refractivity (Wildman–Crippen MR) is 118 cm³/mol. The van der Waals surface area contributed by atoms with Crippen molar-refractivity contribution in [3.63, 3.8) is 0 Å². The molecule has 32 heavy (non-hydrogen) atoms. The number of aliphatic hydroxyl groups is 1. The number of ether oxygens (including phenoxy) is 3. The van der Waals surface area contributed by atoms with Crippen molar-refractivity contribution in [2.75, 3.05) is 14.2 Å². The van der Waals surface area contributed by atoms with Gasteiger partial charge >= 0.3 is 0 Å². The zero-order chi connectivity index (χ0) is 22.8. The van der Waals surface area contributed by atoms with E-state index in [0.717, 1.165) is 16.7 Å². The topological polar surface area (TPSA) is 109 Å². The largest absolute Gasteiger partial charge is 0.508 e. The highest BCUT2D eigenvalue weighted by Crippen LogP contribution is 2.44. The first-order valence-corrected chi connectivity index (χ1v) is 10.3. The molecule has 4 rings (SSSR count). The molecule has 1 aliphatic heterocycles. The minimum absolute atomic E-state index is 0.0963. The van der Waals surface area contributed by atoms with Crippen LogP contribution < -0.4 is 14.2 Å². The van der Waals surface area contributed by atoms with Gasteiger partial charge in [-0.2, -0.15) is 0 Å². The quantitative estimate of drug-likeness (QED) is 0.435. The van der Waals surface area contributed by atoms with E-state index in [2.05, 4.69) is 0 Å². The number of hydrogen-bond donors (Lipinski definition) is 4. The summed E-state index contributed by atoms with van der Waals surface area (Å²) < 4.78 is 16.7. The van der Waals surface area contributed by atoms with Crippen LogP contribution in [0, 0.1) is 0 Å². The van der Waals surface area contributed by atoms with Crippen molar-refractivity contribution in [1.29, 1.82) is 0 Å². The molecule has 168 valence electrons. The highest BCUT2D eigenvalue weighted by atomic mass is 16.5. The van der Waals surface area contributed by atoms with Crippen LogP contribution in [0.2, 0.25) is 0 Å². The van der Waals surface area contributed by atoms with Gasteiger partial charge in [0.05, 0.1) is 20.3 Å². The van der Waals surface area contributed by atoms with Crippen molar-refractivity contribution in [2.24, 2.45) is 0 Å². The molecule has 0 amide bonds. The monoisotopic (exact) mass is 438 g/mol. The number of benzene rings is 3. The molecule has 0 fully saturated rings. The fourth-order valence-corrected chi connectivity index (χ4v) is 4.10. The standard InChI is InChI=1S/C25H26O7/c1-30-18-9-15(7-6-14-4-3-5-17(26)8-14)19-13-21(28)25(32-22(19)12-18)16-10-20(27)24(29)23(11-16)31-2/h3-5,8-12,21,25-29H,6-7,13H2,1-2H3/t21-,25+/m0/s1. The molecule has 7 nitrogen and oxygen atoms in total. The predicted octanol–water partition coefficient (Wildman–Crippen LogP) is 3.64. The molecule has 1 aliphatic rings. The first-order valence-electron chi connectivity index (χ1n) is 10.3. The Morgan fingerprint density at radius 3 is 2.50 bits per heavy atom. The smallest absolute Gasteiger partial charge is 0.200 e. The van der Waals surface area contributed by atoms with Crippen LogP contribution in [0.3, 0.4) is 0 Å². The van der Waals surface area contributed by atoms with Crippen molar-refractivity contribution >= 4 is 0 Å². The van der Waals surface area contributed by atoms with Crippen molar-refractivity contribution in [3.8, 4) is 34.5 Å². The molecule has 0 aromatic heterocycles. The molecular weight excluding hydrogens is 412 g/mol. The molecule has 4 N–H and O–H groups in total. The van der Waals surface area contributed by atoms with Gasteiger partial charge < -0.3 is 34.6 Å². The molecule has 1 heterocycles. The molecule has 0 spiro atoms. The zero-order valence-electron chi connectivity index (χ0n) is 17.9. The summed E-state index contributed by atoms with van der Waals surface area (Å²) >= 11 is 0. The number of fused-ring (bicyclic) bond motifs is 1. The number of hydrogen-bond acceptors (Lipinski definition) is 7. The van der Waals surface area contributed by atoms with Crippen LogP contribution in [-0.4, -0.2) is 40.7 Å². The van der Waals surface area contributed by atoms with E-state index >= 15 is 0 Å². The van der Waals surface area contributed by atoms with Crippen LogP contribution in [0.5, 0.6) is 34.5 Å². The van der Waals surface area contributed by atoms with E-state index in [0.29, 0.717) is 36.3 Å². The van der Waals surface area contributed by atoms with Gasteiger partial charge in [-0.3, -0.25) is 0 Å². The molecule has 3 aromatic carbocycles. The second-order valence-corrected chi connectivity index (χ2v) is 7.83. The SMILES string of the molecule is COc1cc(CCc2cccc(O)c2)c2c(c1)O[C@H](c1cc(O)c(O)c(OC)c1)[C@@H](O)C2. The zero-order valence-corrected chi connectivity index (χ0v) is 17.9. The Balaban J connectivity index is 1.65. The number of methoxy groups -OCH3 is 2. The lowest BCUT2D eigenvalue weighted by Crippen LogP contribution is -2.31. The first-order chi connectivity index (χ1) is 15.4. The molecule has 0 aliphatic carbocycles. The maximum Gasteiger partial charge on any atom is 0.200 e. The maximum atomic E-state index is 10.9. The second-order valence-electron chi connectivity index (χ2n) is 7.83. The molecule has 3 aromatic rings. The number of aromatic hydroxyl groups is 3. The maximum absolute atomic E-state index is 10.9. The van der Waals surface area contributed by atoms with Gasteiger partial charge in [0, 0.05) is 23.6 Å². The number of aryl methyl sites for hydroxylation is 2. The van der Waals surface area contributed by atoms with Crippen LogP contribution in [0.1, 0.15) is 28.4 Å². The lowest BCUT2D eigenvalue weighted by Gasteiger charge is -2.33. The minimum Gasteiger partial charge on any atom is -0.508 e. The van der Waals surface area contributed by atoms with Crippen LogP contribution in [0.15, 0.2) is 48.5 Å². The molecule has 0 saturated carbocycles. The Hall–Kier alpha value is -3.58. The van der Waals surface area contributed by atoms with Crippen molar-refractivity contribution < 1.29 is 34.6 Å². The van der Waals surface area contributed by atoms with Gasteiger partial charge in [0.15, 0.2) is 17.6 Å². The summed E-state index contributed by atoms with van der Waals surface area (Å²) in [6, 6.07) is 13.8. The Labute approximate surface area is 186 Å². The van der Waals surface area contributed by atoms with Crippen molar-refractivity contribution in [3.05, 3.63) is 70.8 Å². The molecular formula is C25H26O7. The number of phenols is 3. The van der Waals surface area contributed by atoms with E-state index in [4.69, 9.17) is 14.2 Å². The molecule has 0 radical (unpaired) electrons. The Kier molecular flexibility index (Phi) is 6.01. The van der Waals surface area contributed by atoms with Gasteiger partial charge in [-0.15, -0.1) is 0 Å². The van der Waals surface area contributed by atoms with Gasteiger partial charge in [0.2, 0.25) is 5.75 Å². The summed E-state index contributed by atoms with van der Waals surface area (Å²) in [6.07, 6.45) is 0.107. The molecule has 7 heteroatoms. The third-order valence-electron chi connectivity index (χ3n) is 5.75. The van der Waals surface area contributed by atoms with E-state index < -0.39 is 12.2 Å². The van der Waals surface area contributed by atoms with Gasteiger partial charge in [-0.05, 0) is 54.3 Å². The summed E-state index contributed by atoms with van der Waals surface area (Å²) in [7, 11) is 2.97.